The van der Waals surface area contributed by atoms with Gasteiger partial charge in [-0.3, -0.25) is 9.59 Å². The van der Waals surface area contributed by atoms with E-state index in [0.29, 0.717) is 31.7 Å². The average Bonchev–Trinajstić information content (AvgIpc) is 3.29. The molecule has 2 aliphatic rings. The number of nitrogens with one attached hydrogen (secondary N) is 1. The number of benzene rings is 1. The molecule has 2 fully saturated rings. The van der Waals surface area contributed by atoms with Crippen molar-refractivity contribution in [3.63, 3.8) is 0 Å². The summed E-state index contributed by atoms with van der Waals surface area (Å²) in [5.41, 5.74) is 1.47. The first-order valence-corrected chi connectivity index (χ1v) is 9.12. The molecule has 0 aliphatic carbocycles. The molecule has 0 bridgehead atoms. The lowest BCUT2D eigenvalue weighted by molar-refractivity contribution is -0.117. The van der Waals surface area contributed by atoms with Crippen LogP contribution in [0.15, 0.2) is 24.3 Å². The maximum Gasteiger partial charge on any atom is 0.251 e. The van der Waals surface area contributed by atoms with E-state index in [9.17, 15) is 9.59 Å². The van der Waals surface area contributed by atoms with Crippen molar-refractivity contribution < 1.29 is 19.1 Å². The number of rotatable bonds is 8. The second-order valence-corrected chi connectivity index (χ2v) is 6.52. The lowest BCUT2D eigenvalue weighted by atomic mass is 10.2. The quantitative estimate of drug-likeness (QED) is 0.732. The van der Waals surface area contributed by atoms with E-state index in [-0.39, 0.29) is 17.9 Å². The van der Waals surface area contributed by atoms with Crippen LogP contribution in [0.25, 0.3) is 0 Å². The molecule has 2 amide bonds. The van der Waals surface area contributed by atoms with Gasteiger partial charge in [0.2, 0.25) is 5.91 Å². The third kappa shape index (κ3) is 5.03. The van der Waals surface area contributed by atoms with Crippen molar-refractivity contribution in [2.24, 2.45) is 0 Å². The lowest BCUT2D eigenvalue weighted by Crippen LogP contribution is -2.26. The summed E-state index contributed by atoms with van der Waals surface area (Å²) >= 11 is 0. The topological polar surface area (TPSA) is 67.9 Å². The molecule has 0 spiro atoms. The summed E-state index contributed by atoms with van der Waals surface area (Å²) in [7, 11) is 0. The maximum absolute atomic E-state index is 12.1. The number of anilines is 1. The van der Waals surface area contributed by atoms with Crippen molar-refractivity contribution in [3.8, 4) is 0 Å². The minimum Gasteiger partial charge on any atom is -0.379 e. The van der Waals surface area contributed by atoms with E-state index in [1.807, 2.05) is 12.1 Å². The predicted octanol–water partition coefficient (Wildman–Crippen LogP) is 2.13. The molecule has 1 atom stereocenters. The normalized spacial score (nSPS) is 20.2. The second kappa shape index (κ2) is 8.97. The smallest absolute Gasteiger partial charge is 0.251 e. The highest BCUT2D eigenvalue weighted by molar-refractivity contribution is 5.97. The third-order valence-corrected chi connectivity index (χ3v) is 4.59. The standard InChI is InChI=1S/C19H26N2O4/c22-18-5-1-11-21(18)16-8-6-15(7-9-16)19(23)20-10-3-12-24-14-17-4-2-13-25-17/h6-9,17H,1-5,10-14H2,(H,20,23). The maximum atomic E-state index is 12.1. The van der Waals surface area contributed by atoms with Crippen molar-refractivity contribution in [2.75, 3.05) is 37.8 Å². The first-order chi connectivity index (χ1) is 12.2. The number of ether oxygens (including phenoxy) is 2. The van der Waals surface area contributed by atoms with Gasteiger partial charge in [-0.1, -0.05) is 0 Å². The minimum absolute atomic E-state index is 0.0987. The van der Waals surface area contributed by atoms with E-state index < -0.39 is 0 Å². The van der Waals surface area contributed by atoms with Crippen molar-refractivity contribution in [3.05, 3.63) is 29.8 Å². The van der Waals surface area contributed by atoms with Gasteiger partial charge in [0, 0.05) is 44.0 Å². The summed E-state index contributed by atoms with van der Waals surface area (Å²) in [4.78, 5) is 25.6. The van der Waals surface area contributed by atoms with Gasteiger partial charge in [0.1, 0.15) is 0 Å². The second-order valence-electron chi connectivity index (χ2n) is 6.52. The summed E-state index contributed by atoms with van der Waals surface area (Å²) in [6.07, 6.45) is 4.73. The van der Waals surface area contributed by atoms with E-state index in [1.165, 1.54) is 0 Å². The van der Waals surface area contributed by atoms with Crippen LogP contribution in [0.4, 0.5) is 5.69 Å². The molecule has 1 aromatic rings. The van der Waals surface area contributed by atoms with Crippen LogP contribution >= 0.6 is 0 Å². The van der Waals surface area contributed by atoms with Crippen molar-refractivity contribution in [2.45, 2.75) is 38.2 Å². The summed E-state index contributed by atoms with van der Waals surface area (Å²) < 4.78 is 11.1. The molecule has 6 heteroatoms. The molecule has 3 rings (SSSR count). The zero-order valence-corrected chi connectivity index (χ0v) is 14.5. The van der Waals surface area contributed by atoms with E-state index in [0.717, 1.165) is 44.5 Å². The Bertz CT molecular complexity index is 582. The van der Waals surface area contributed by atoms with Gasteiger partial charge in [0.25, 0.3) is 5.91 Å². The van der Waals surface area contributed by atoms with Gasteiger partial charge >= 0.3 is 0 Å². The van der Waals surface area contributed by atoms with Crippen molar-refractivity contribution >= 4 is 17.5 Å². The Morgan fingerprint density at radius 3 is 2.80 bits per heavy atom. The molecule has 2 aliphatic heterocycles. The van der Waals surface area contributed by atoms with Crippen LogP contribution < -0.4 is 10.2 Å². The molecule has 2 saturated heterocycles. The number of amides is 2. The molecule has 1 unspecified atom stereocenters. The Morgan fingerprint density at radius 1 is 1.28 bits per heavy atom. The van der Waals surface area contributed by atoms with E-state index in [1.54, 1.807) is 17.0 Å². The number of carbonyl (C=O) groups is 2. The first-order valence-electron chi connectivity index (χ1n) is 9.12. The Labute approximate surface area is 148 Å². The number of hydrogen-bond donors (Lipinski definition) is 1. The molecule has 0 radical (unpaired) electrons. The molecule has 136 valence electrons. The molecule has 2 heterocycles. The van der Waals surface area contributed by atoms with E-state index in [4.69, 9.17) is 9.47 Å². The molecule has 0 aromatic heterocycles. The van der Waals surface area contributed by atoms with Gasteiger partial charge < -0.3 is 19.7 Å². The fourth-order valence-corrected chi connectivity index (χ4v) is 3.18. The van der Waals surface area contributed by atoms with Crippen molar-refractivity contribution in [1.82, 2.24) is 5.32 Å². The van der Waals surface area contributed by atoms with Gasteiger partial charge in [0.05, 0.1) is 12.7 Å². The highest BCUT2D eigenvalue weighted by atomic mass is 16.5. The van der Waals surface area contributed by atoms with Gasteiger partial charge in [-0.05, 0) is 49.9 Å². The molecule has 1 N–H and O–H groups in total. The average molecular weight is 346 g/mol. The zero-order valence-electron chi connectivity index (χ0n) is 14.5. The molecule has 0 saturated carbocycles. The summed E-state index contributed by atoms with van der Waals surface area (Å²) in [6, 6.07) is 7.21. The molecule has 25 heavy (non-hydrogen) atoms. The predicted molar refractivity (Wildman–Crippen MR) is 94.8 cm³/mol. The highest BCUT2D eigenvalue weighted by Gasteiger charge is 2.21. The Balaban J connectivity index is 1.34. The van der Waals surface area contributed by atoms with Crippen LogP contribution in [0.2, 0.25) is 0 Å². The fourth-order valence-electron chi connectivity index (χ4n) is 3.18. The number of carbonyl (C=O) groups excluding carboxylic acids is 2. The van der Waals surface area contributed by atoms with Crippen LogP contribution in [-0.2, 0) is 14.3 Å². The first kappa shape index (κ1) is 17.9. The van der Waals surface area contributed by atoms with E-state index >= 15 is 0 Å². The minimum atomic E-state index is -0.0987. The summed E-state index contributed by atoms with van der Waals surface area (Å²) in [6.45, 7) is 3.45. The third-order valence-electron chi connectivity index (χ3n) is 4.59. The van der Waals surface area contributed by atoms with Crippen LogP contribution in [0, 0.1) is 0 Å². The monoisotopic (exact) mass is 346 g/mol. The number of nitrogens with zero attached hydrogens (tertiary/aromatic N) is 1. The van der Waals surface area contributed by atoms with Gasteiger partial charge in [-0.2, -0.15) is 0 Å². The Morgan fingerprint density at radius 2 is 2.12 bits per heavy atom. The van der Waals surface area contributed by atoms with Crippen LogP contribution in [-0.4, -0.2) is 50.8 Å². The van der Waals surface area contributed by atoms with Crippen molar-refractivity contribution in [1.29, 1.82) is 0 Å². The highest BCUT2D eigenvalue weighted by Crippen LogP contribution is 2.21. The SMILES string of the molecule is O=C(NCCCOCC1CCCO1)c1ccc(N2CCCC2=O)cc1. The molecular formula is C19H26N2O4. The Hall–Kier alpha value is -1.92. The van der Waals surface area contributed by atoms with Crippen LogP contribution in [0.5, 0.6) is 0 Å². The van der Waals surface area contributed by atoms with Crippen LogP contribution in [0.3, 0.4) is 0 Å². The van der Waals surface area contributed by atoms with Gasteiger partial charge in [-0.25, -0.2) is 0 Å². The number of hydrogen-bond acceptors (Lipinski definition) is 4. The largest absolute Gasteiger partial charge is 0.379 e. The van der Waals surface area contributed by atoms with Crippen LogP contribution in [0.1, 0.15) is 42.5 Å². The summed E-state index contributed by atoms with van der Waals surface area (Å²) in [5, 5.41) is 2.89. The molecule has 1 aromatic carbocycles. The molecule has 6 nitrogen and oxygen atoms in total. The zero-order chi connectivity index (χ0) is 17.5. The Kier molecular flexibility index (Phi) is 6.42. The van der Waals surface area contributed by atoms with E-state index in [2.05, 4.69) is 5.32 Å². The summed E-state index contributed by atoms with van der Waals surface area (Å²) in [5.74, 6) is 0.0543. The fraction of sp³-hybridized carbons (Fsp3) is 0.579. The molecular weight excluding hydrogens is 320 g/mol. The van der Waals surface area contributed by atoms with Gasteiger partial charge in [-0.15, -0.1) is 0 Å². The van der Waals surface area contributed by atoms with Gasteiger partial charge in [0.15, 0.2) is 0 Å². The lowest BCUT2D eigenvalue weighted by Gasteiger charge is -2.15.